The lowest BCUT2D eigenvalue weighted by Crippen LogP contribution is -2.29. The van der Waals surface area contributed by atoms with Crippen LogP contribution in [-0.4, -0.2) is 11.6 Å². The van der Waals surface area contributed by atoms with Gasteiger partial charge in [-0.3, -0.25) is 9.59 Å². The minimum Gasteiger partial charge on any atom is -0.299 e. The number of allylic oxidation sites excluding steroid dienone is 2. The van der Waals surface area contributed by atoms with Crippen molar-refractivity contribution in [1.29, 1.82) is 0 Å². The van der Waals surface area contributed by atoms with Gasteiger partial charge in [0.1, 0.15) is 5.78 Å². The third-order valence-corrected chi connectivity index (χ3v) is 2.10. The first-order valence-corrected chi connectivity index (χ1v) is 3.83. The summed E-state index contributed by atoms with van der Waals surface area (Å²) in [7, 11) is 0. The van der Waals surface area contributed by atoms with Gasteiger partial charge in [-0.1, -0.05) is 13.0 Å². The summed E-state index contributed by atoms with van der Waals surface area (Å²) in [5, 5.41) is 0. The van der Waals surface area contributed by atoms with Crippen molar-refractivity contribution in [2.24, 2.45) is 11.8 Å². The molecule has 0 saturated carbocycles. The van der Waals surface area contributed by atoms with Crippen LogP contribution in [0.25, 0.3) is 0 Å². The Hall–Kier alpha value is -0.920. The Morgan fingerprint density at radius 1 is 1.64 bits per heavy atom. The van der Waals surface area contributed by atoms with Gasteiger partial charge in [0.25, 0.3) is 0 Å². The Morgan fingerprint density at radius 3 is 2.64 bits per heavy atom. The molecule has 0 unspecified atom stereocenters. The van der Waals surface area contributed by atoms with Gasteiger partial charge in [0.05, 0.1) is 5.92 Å². The summed E-state index contributed by atoms with van der Waals surface area (Å²) < 4.78 is 0. The quantitative estimate of drug-likeness (QED) is 0.531. The molecule has 0 aromatic carbocycles. The highest BCUT2D eigenvalue weighted by Crippen LogP contribution is 2.22. The van der Waals surface area contributed by atoms with E-state index in [0.29, 0.717) is 0 Å². The molecular formula is C9H12O2. The highest BCUT2D eigenvalue weighted by molar-refractivity contribution is 6.07. The summed E-state index contributed by atoms with van der Waals surface area (Å²) in [5.41, 5.74) is 0. The normalized spacial score (nSPS) is 30.5. The van der Waals surface area contributed by atoms with Crippen molar-refractivity contribution >= 4 is 11.6 Å². The topological polar surface area (TPSA) is 34.1 Å². The van der Waals surface area contributed by atoms with Crippen LogP contribution in [0.15, 0.2) is 12.2 Å². The molecule has 0 aromatic heterocycles. The Balaban J connectivity index is 2.83. The summed E-state index contributed by atoms with van der Waals surface area (Å²) in [6, 6.07) is 0. The summed E-state index contributed by atoms with van der Waals surface area (Å²) in [6.45, 7) is 3.42. The van der Waals surface area contributed by atoms with E-state index in [1.165, 1.54) is 13.0 Å². The zero-order chi connectivity index (χ0) is 8.43. The van der Waals surface area contributed by atoms with E-state index in [1.54, 1.807) is 0 Å². The highest BCUT2D eigenvalue weighted by Gasteiger charge is 2.29. The van der Waals surface area contributed by atoms with Crippen LogP contribution in [0.4, 0.5) is 0 Å². The van der Waals surface area contributed by atoms with Crippen molar-refractivity contribution in [3.63, 3.8) is 0 Å². The molecule has 1 aliphatic carbocycles. The Bertz CT molecular complexity index is 216. The van der Waals surface area contributed by atoms with Gasteiger partial charge in [0.2, 0.25) is 0 Å². The Morgan fingerprint density at radius 2 is 2.27 bits per heavy atom. The second-order valence-corrected chi connectivity index (χ2v) is 3.11. The molecule has 0 fully saturated rings. The first-order valence-electron chi connectivity index (χ1n) is 3.83. The van der Waals surface area contributed by atoms with E-state index in [0.717, 1.165) is 6.42 Å². The van der Waals surface area contributed by atoms with Crippen LogP contribution in [0.3, 0.4) is 0 Å². The smallest absolute Gasteiger partial charge is 0.166 e. The summed E-state index contributed by atoms with van der Waals surface area (Å²) >= 11 is 0. The Labute approximate surface area is 66.3 Å². The van der Waals surface area contributed by atoms with Crippen LogP contribution in [-0.2, 0) is 9.59 Å². The second-order valence-electron chi connectivity index (χ2n) is 3.11. The number of hydrogen-bond donors (Lipinski definition) is 0. The van der Waals surface area contributed by atoms with Gasteiger partial charge in [0, 0.05) is 0 Å². The molecule has 1 aliphatic rings. The van der Waals surface area contributed by atoms with E-state index in [-0.39, 0.29) is 23.4 Å². The van der Waals surface area contributed by atoms with E-state index in [4.69, 9.17) is 0 Å². The molecule has 2 nitrogen and oxygen atoms in total. The summed E-state index contributed by atoms with van der Waals surface area (Å²) in [4.78, 5) is 22.1. The van der Waals surface area contributed by atoms with E-state index in [1.807, 2.05) is 13.0 Å². The van der Waals surface area contributed by atoms with Crippen molar-refractivity contribution < 1.29 is 9.59 Å². The predicted molar refractivity (Wildman–Crippen MR) is 42.1 cm³/mol. The maximum Gasteiger partial charge on any atom is 0.166 e. The number of Topliss-reactive ketones (excluding diaryl/α,β-unsaturated/α-hetero) is 1. The first-order chi connectivity index (χ1) is 5.13. The third kappa shape index (κ3) is 1.56. The molecule has 0 aliphatic heterocycles. The van der Waals surface area contributed by atoms with E-state index in [9.17, 15) is 9.59 Å². The molecule has 0 saturated heterocycles. The number of carbonyl (C=O) groups is 2. The lowest BCUT2D eigenvalue weighted by molar-refractivity contribution is -0.131. The average molecular weight is 152 g/mol. The van der Waals surface area contributed by atoms with E-state index in [2.05, 4.69) is 0 Å². The van der Waals surface area contributed by atoms with Crippen molar-refractivity contribution in [3.05, 3.63) is 12.2 Å². The standard InChI is InChI=1S/C9H12O2/c1-6-4-3-5-8(11)9(6)7(2)10/h3,5-6,9H,4H2,1-2H3/t6-,9-/m1/s1. The van der Waals surface area contributed by atoms with Gasteiger partial charge in [0.15, 0.2) is 5.78 Å². The summed E-state index contributed by atoms with van der Waals surface area (Å²) in [5.74, 6) is -0.229. The average Bonchev–Trinajstić information content (AvgIpc) is 1.85. The van der Waals surface area contributed by atoms with Crippen LogP contribution in [0.2, 0.25) is 0 Å². The molecular weight excluding hydrogens is 140 g/mol. The maximum atomic E-state index is 11.1. The van der Waals surface area contributed by atoms with Gasteiger partial charge in [-0.05, 0) is 25.3 Å². The molecule has 60 valence electrons. The Kier molecular flexibility index (Phi) is 2.22. The lowest BCUT2D eigenvalue weighted by atomic mass is 9.81. The summed E-state index contributed by atoms with van der Waals surface area (Å²) in [6.07, 6.45) is 4.20. The second kappa shape index (κ2) is 2.99. The van der Waals surface area contributed by atoms with Crippen molar-refractivity contribution in [2.75, 3.05) is 0 Å². The van der Waals surface area contributed by atoms with Crippen LogP contribution in [0, 0.1) is 11.8 Å². The number of ketones is 2. The molecule has 0 radical (unpaired) electrons. The predicted octanol–water partition coefficient (Wildman–Crippen LogP) is 1.36. The zero-order valence-corrected chi connectivity index (χ0v) is 6.83. The third-order valence-electron chi connectivity index (χ3n) is 2.10. The molecule has 0 spiro atoms. The van der Waals surface area contributed by atoms with Crippen molar-refractivity contribution in [3.8, 4) is 0 Å². The first kappa shape index (κ1) is 8.18. The molecule has 0 N–H and O–H groups in total. The largest absolute Gasteiger partial charge is 0.299 e. The van der Waals surface area contributed by atoms with E-state index >= 15 is 0 Å². The van der Waals surface area contributed by atoms with Gasteiger partial charge in [-0.15, -0.1) is 0 Å². The molecule has 1 rings (SSSR count). The van der Waals surface area contributed by atoms with Gasteiger partial charge in [-0.25, -0.2) is 0 Å². The molecule has 0 amide bonds. The minimum atomic E-state index is -0.375. The fourth-order valence-electron chi connectivity index (χ4n) is 1.52. The van der Waals surface area contributed by atoms with Crippen LogP contribution in [0.5, 0.6) is 0 Å². The highest BCUT2D eigenvalue weighted by atomic mass is 16.1. The lowest BCUT2D eigenvalue weighted by Gasteiger charge is -2.20. The molecule has 0 heterocycles. The number of carbonyl (C=O) groups excluding carboxylic acids is 2. The van der Waals surface area contributed by atoms with Crippen LogP contribution >= 0.6 is 0 Å². The molecule has 2 heteroatoms. The van der Waals surface area contributed by atoms with Crippen molar-refractivity contribution in [1.82, 2.24) is 0 Å². The fourth-order valence-corrected chi connectivity index (χ4v) is 1.52. The maximum absolute atomic E-state index is 11.1. The number of rotatable bonds is 1. The van der Waals surface area contributed by atoms with Crippen LogP contribution in [0.1, 0.15) is 20.3 Å². The van der Waals surface area contributed by atoms with Gasteiger partial charge in [-0.2, -0.15) is 0 Å². The van der Waals surface area contributed by atoms with Gasteiger partial charge >= 0.3 is 0 Å². The van der Waals surface area contributed by atoms with Crippen LogP contribution < -0.4 is 0 Å². The van der Waals surface area contributed by atoms with E-state index < -0.39 is 0 Å². The number of hydrogen-bond acceptors (Lipinski definition) is 2. The zero-order valence-electron chi connectivity index (χ0n) is 6.83. The molecule has 2 atom stereocenters. The molecule has 11 heavy (non-hydrogen) atoms. The van der Waals surface area contributed by atoms with Gasteiger partial charge < -0.3 is 0 Å². The molecule has 0 bridgehead atoms. The monoisotopic (exact) mass is 152 g/mol. The minimum absolute atomic E-state index is 0.00755. The molecule has 0 aromatic rings. The van der Waals surface area contributed by atoms with Crippen molar-refractivity contribution in [2.45, 2.75) is 20.3 Å². The SMILES string of the molecule is CC(=O)[C@@H]1C(=O)C=CC[C@H]1C. The fraction of sp³-hybridized carbons (Fsp3) is 0.556.